The highest BCUT2D eigenvalue weighted by Gasteiger charge is 2.22. The van der Waals surface area contributed by atoms with E-state index in [2.05, 4.69) is 10.6 Å². The van der Waals surface area contributed by atoms with Crippen LogP contribution in [-0.4, -0.2) is 30.2 Å². The van der Waals surface area contributed by atoms with Gasteiger partial charge in [-0.25, -0.2) is 4.79 Å². The fraction of sp³-hybridized carbons (Fsp3) is 0.800. The quantitative estimate of drug-likeness (QED) is 0.678. The van der Waals surface area contributed by atoms with Gasteiger partial charge in [-0.2, -0.15) is 0 Å². The maximum absolute atomic E-state index is 11.4. The minimum atomic E-state index is -0.484. The second-order valence-electron chi connectivity index (χ2n) is 4.69. The van der Waals surface area contributed by atoms with Crippen LogP contribution >= 0.6 is 0 Å². The molecule has 0 aromatic carbocycles. The Morgan fingerprint density at radius 3 is 2.67 bits per heavy atom. The first-order valence-electron chi connectivity index (χ1n) is 5.13. The minimum absolute atomic E-state index is 0.0162. The molecule has 5 heteroatoms. The smallest absolute Gasteiger partial charge is 0.407 e. The lowest BCUT2D eigenvalue weighted by molar-refractivity contribution is -0.122. The van der Waals surface area contributed by atoms with E-state index in [9.17, 15) is 9.59 Å². The maximum Gasteiger partial charge on any atom is 0.407 e. The van der Waals surface area contributed by atoms with Crippen LogP contribution in [0.2, 0.25) is 0 Å². The molecule has 0 bridgehead atoms. The van der Waals surface area contributed by atoms with E-state index >= 15 is 0 Å². The Bertz CT molecular complexity index is 248. The number of alkyl carbamates (subject to hydrolysis) is 1. The van der Waals surface area contributed by atoms with Crippen molar-refractivity contribution >= 4 is 12.0 Å². The highest BCUT2D eigenvalue weighted by molar-refractivity contribution is 5.77. The molecule has 86 valence electrons. The number of carbonyl (C=O) groups excluding carboxylic acids is 2. The molecule has 1 aliphatic rings. The van der Waals surface area contributed by atoms with Gasteiger partial charge in [0.25, 0.3) is 0 Å². The molecule has 0 saturated carbocycles. The standard InChI is InChI=1S/C10H18N2O3/c1-10(2,3)15-9(14)12-7-4-5-8(13)11-6-7/h7H,4-6H2,1-3H3,(H,11,13)(H,12,14)/t7-/m0/s1. The first-order valence-corrected chi connectivity index (χ1v) is 5.13. The molecule has 15 heavy (non-hydrogen) atoms. The van der Waals surface area contributed by atoms with Crippen molar-refractivity contribution in [3.05, 3.63) is 0 Å². The summed E-state index contributed by atoms with van der Waals surface area (Å²) in [6, 6.07) is -0.0162. The Hall–Kier alpha value is -1.26. The Balaban J connectivity index is 2.29. The third kappa shape index (κ3) is 4.67. The lowest BCUT2D eigenvalue weighted by Crippen LogP contribution is -2.48. The van der Waals surface area contributed by atoms with E-state index in [4.69, 9.17) is 4.74 Å². The van der Waals surface area contributed by atoms with Crippen molar-refractivity contribution < 1.29 is 14.3 Å². The van der Waals surface area contributed by atoms with Gasteiger partial charge in [-0.3, -0.25) is 4.79 Å². The largest absolute Gasteiger partial charge is 0.444 e. The van der Waals surface area contributed by atoms with E-state index in [1.807, 2.05) is 20.8 Å². The molecule has 0 unspecified atom stereocenters. The summed E-state index contributed by atoms with van der Waals surface area (Å²) in [5, 5.41) is 5.41. The van der Waals surface area contributed by atoms with Crippen molar-refractivity contribution in [3.8, 4) is 0 Å². The van der Waals surface area contributed by atoms with E-state index in [0.29, 0.717) is 19.4 Å². The van der Waals surface area contributed by atoms with Crippen LogP contribution in [0.25, 0.3) is 0 Å². The van der Waals surface area contributed by atoms with Gasteiger partial charge < -0.3 is 15.4 Å². The molecule has 1 atom stereocenters. The fourth-order valence-corrected chi connectivity index (χ4v) is 1.33. The van der Waals surface area contributed by atoms with Crippen LogP contribution in [0.3, 0.4) is 0 Å². The molecular weight excluding hydrogens is 196 g/mol. The van der Waals surface area contributed by atoms with Crippen LogP contribution in [0.1, 0.15) is 33.6 Å². The van der Waals surface area contributed by atoms with E-state index in [0.717, 1.165) is 0 Å². The monoisotopic (exact) mass is 214 g/mol. The molecule has 1 aliphatic heterocycles. The van der Waals surface area contributed by atoms with Crippen LogP contribution in [-0.2, 0) is 9.53 Å². The average Bonchev–Trinajstić information content (AvgIpc) is 2.05. The molecule has 0 aromatic rings. The fourth-order valence-electron chi connectivity index (χ4n) is 1.33. The van der Waals surface area contributed by atoms with Gasteiger partial charge in [0.2, 0.25) is 5.91 Å². The van der Waals surface area contributed by atoms with E-state index < -0.39 is 11.7 Å². The molecule has 0 aliphatic carbocycles. The van der Waals surface area contributed by atoms with E-state index in [1.54, 1.807) is 0 Å². The molecule has 1 heterocycles. The molecule has 1 fully saturated rings. The predicted octanol–water partition coefficient (Wildman–Crippen LogP) is 0.790. The lowest BCUT2D eigenvalue weighted by atomic mass is 10.1. The first kappa shape index (κ1) is 11.8. The summed E-state index contributed by atoms with van der Waals surface area (Å²) in [7, 11) is 0. The van der Waals surface area contributed by atoms with Crippen molar-refractivity contribution in [1.29, 1.82) is 0 Å². The molecule has 1 saturated heterocycles. The number of amides is 2. The third-order valence-electron chi connectivity index (χ3n) is 1.99. The normalized spacial score (nSPS) is 21.8. The minimum Gasteiger partial charge on any atom is -0.444 e. The van der Waals surface area contributed by atoms with Gasteiger partial charge >= 0.3 is 6.09 Å². The molecule has 0 spiro atoms. The second kappa shape index (κ2) is 4.51. The van der Waals surface area contributed by atoms with E-state index in [-0.39, 0.29) is 11.9 Å². The number of rotatable bonds is 1. The number of hydrogen-bond acceptors (Lipinski definition) is 3. The topological polar surface area (TPSA) is 67.4 Å². The zero-order chi connectivity index (χ0) is 11.5. The molecule has 0 aromatic heterocycles. The van der Waals surface area contributed by atoms with Crippen LogP contribution in [0.15, 0.2) is 0 Å². The number of nitrogens with one attached hydrogen (secondary N) is 2. The van der Waals surface area contributed by atoms with Gasteiger partial charge in [0.05, 0.1) is 6.04 Å². The van der Waals surface area contributed by atoms with Crippen LogP contribution < -0.4 is 10.6 Å². The average molecular weight is 214 g/mol. The van der Waals surface area contributed by atoms with Gasteiger partial charge in [0.1, 0.15) is 5.60 Å². The van der Waals surface area contributed by atoms with Crippen molar-refractivity contribution in [1.82, 2.24) is 10.6 Å². The second-order valence-corrected chi connectivity index (χ2v) is 4.69. The van der Waals surface area contributed by atoms with Crippen LogP contribution in [0, 0.1) is 0 Å². The molecule has 2 N–H and O–H groups in total. The highest BCUT2D eigenvalue weighted by Crippen LogP contribution is 2.08. The van der Waals surface area contributed by atoms with Gasteiger partial charge in [-0.1, -0.05) is 0 Å². The molecule has 2 amide bonds. The number of piperidine rings is 1. The summed E-state index contributed by atoms with van der Waals surface area (Å²) < 4.78 is 5.10. The summed E-state index contributed by atoms with van der Waals surface area (Å²) in [5.74, 6) is 0.0391. The van der Waals surface area contributed by atoms with Crippen molar-refractivity contribution in [2.75, 3.05) is 6.54 Å². The summed E-state index contributed by atoms with van der Waals surface area (Å²) >= 11 is 0. The van der Waals surface area contributed by atoms with Crippen molar-refractivity contribution in [3.63, 3.8) is 0 Å². The summed E-state index contributed by atoms with van der Waals surface area (Å²) in [4.78, 5) is 22.2. The lowest BCUT2D eigenvalue weighted by Gasteiger charge is -2.26. The molecule has 1 rings (SSSR count). The third-order valence-corrected chi connectivity index (χ3v) is 1.99. The summed E-state index contributed by atoms with van der Waals surface area (Å²) in [6.07, 6.45) is 0.703. The van der Waals surface area contributed by atoms with Gasteiger partial charge in [0.15, 0.2) is 0 Å². The Labute approximate surface area is 89.6 Å². The van der Waals surface area contributed by atoms with Gasteiger partial charge in [-0.15, -0.1) is 0 Å². The Kier molecular flexibility index (Phi) is 3.55. The molecule has 5 nitrogen and oxygen atoms in total. The van der Waals surface area contributed by atoms with E-state index in [1.165, 1.54) is 0 Å². The van der Waals surface area contributed by atoms with Crippen LogP contribution in [0.5, 0.6) is 0 Å². The summed E-state index contributed by atoms with van der Waals surface area (Å²) in [6.45, 7) is 5.93. The first-order chi connectivity index (χ1) is 6.87. The predicted molar refractivity (Wildman–Crippen MR) is 55.4 cm³/mol. The molecule has 0 radical (unpaired) electrons. The Morgan fingerprint density at radius 2 is 2.20 bits per heavy atom. The van der Waals surface area contributed by atoms with Crippen molar-refractivity contribution in [2.45, 2.75) is 45.3 Å². The number of ether oxygens (including phenoxy) is 1. The Morgan fingerprint density at radius 1 is 1.53 bits per heavy atom. The van der Waals surface area contributed by atoms with Gasteiger partial charge in [0, 0.05) is 13.0 Å². The molecular formula is C10H18N2O3. The number of hydrogen-bond donors (Lipinski definition) is 2. The zero-order valence-corrected chi connectivity index (χ0v) is 9.42. The SMILES string of the molecule is CC(C)(C)OC(=O)N[C@H]1CCC(=O)NC1. The van der Waals surface area contributed by atoms with Crippen molar-refractivity contribution in [2.24, 2.45) is 0 Å². The summed E-state index contributed by atoms with van der Waals surface area (Å²) in [5.41, 5.74) is -0.484. The van der Waals surface area contributed by atoms with Crippen LogP contribution in [0.4, 0.5) is 4.79 Å². The highest BCUT2D eigenvalue weighted by atomic mass is 16.6. The maximum atomic E-state index is 11.4. The number of carbonyl (C=O) groups is 2. The zero-order valence-electron chi connectivity index (χ0n) is 9.42. The van der Waals surface area contributed by atoms with Gasteiger partial charge in [-0.05, 0) is 27.2 Å².